The highest BCUT2D eigenvalue weighted by atomic mass is 32.2. The van der Waals surface area contributed by atoms with Crippen molar-refractivity contribution in [1.82, 2.24) is 19.8 Å². The van der Waals surface area contributed by atoms with E-state index in [0.29, 0.717) is 23.7 Å². The molecule has 9 heteroatoms. The van der Waals surface area contributed by atoms with Crippen LogP contribution in [0.4, 0.5) is 0 Å². The molecule has 0 aliphatic heterocycles. The molecule has 0 bridgehead atoms. The molecule has 1 aromatic carbocycles. The highest BCUT2D eigenvalue weighted by Gasteiger charge is 2.14. The van der Waals surface area contributed by atoms with Gasteiger partial charge in [-0.05, 0) is 12.5 Å². The Hall–Kier alpha value is -2.26. The molecule has 1 heterocycles. The average molecular weight is 338 g/mol. The van der Waals surface area contributed by atoms with Crippen molar-refractivity contribution >= 4 is 26.7 Å². The van der Waals surface area contributed by atoms with Gasteiger partial charge in [0.1, 0.15) is 0 Å². The van der Waals surface area contributed by atoms with Crippen molar-refractivity contribution < 1.29 is 13.2 Å². The van der Waals surface area contributed by atoms with Crippen molar-refractivity contribution in [3.63, 3.8) is 0 Å². The molecule has 0 unspecified atom stereocenters. The van der Waals surface area contributed by atoms with Crippen LogP contribution in [-0.2, 0) is 17.1 Å². The zero-order valence-electron chi connectivity index (χ0n) is 12.9. The number of aryl methyl sites for hydroxylation is 1. The van der Waals surface area contributed by atoms with Crippen molar-refractivity contribution in [3.8, 4) is 0 Å². The molecule has 1 aromatic heterocycles. The molecule has 2 aromatic rings. The number of nitrogens with one attached hydrogen (secondary N) is 2. The molecule has 0 aliphatic rings. The maximum atomic E-state index is 12.3. The summed E-state index contributed by atoms with van der Waals surface area (Å²) in [5, 5.41) is 7.61. The Bertz CT molecular complexity index is 889. The van der Waals surface area contributed by atoms with Crippen LogP contribution in [0.3, 0.4) is 0 Å². The maximum Gasteiger partial charge on any atom is 0.274 e. The van der Waals surface area contributed by atoms with Gasteiger partial charge in [0.05, 0.1) is 11.6 Å². The lowest BCUT2D eigenvalue weighted by Gasteiger charge is -2.09. The number of fused-ring (bicyclic) bond motifs is 1. The Labute approximate surface area is 133 Å². The number of nitrogens with zero attached hydrogens (tertiary/aromatic N) is 2. The van der Waals surface area contributed by atoms with Crippen molar-refractivity contribution in [2.45, 2.75) is 6.42 Å². The van der Waals surface area contributed by atoms with E-state index in [1.807, 2.05) is 0 Å². The van der Waals surface area contributed by atoms with Crippen molar-refractivity contribution in [3.05, 3.63) is 40.3 Å². The van der Waals surface area contributed by atoms with Gasteiger partial charge in [-0.25, -0.2) is 17.8 Å². The second kappa shape index (κ2) is 6.88. The SMILES string of the molecule is Cn1nc(C(=O)NCCCNS(C)(=O)=O)c2ccccc2c1=O. The molecule has 0 saturated carbocycles. The number of benzene rings is 1. The van der Waals surface area contributed by atoms with Crippen LogP contribution in [-0.4, -0.2) is 43.5 Å². The second-order valence-corrected chi connectivity index (χ2v) is 6.93. The number of amides is 1. The zero-order chi connectivity index (χ0) is 17.0. The first kappa shape index (κ1) is 17.1. The summed E-state index contributed by atoms with van der Waals surface area (Å²) in [6.45, 7) is 0.529. The fraction of sp³-hybridized carbons (Fsp3) is 0.357. The van der Waals surface area contributed by atoms with Gasteiger partial charge < -0.3 is 5.32 Å². The molecule has 0 aliphatic carbocycles. The molecule has 0 radical (unpaired) electrons. The molecule has 124 valence electrons. The Balaban J connectivity index is 2.10. The minimum atomic E-state index is -3.23. The first-order valence-electron chi connectivity index (χ1n) is 6.98. The van der Waals surface area contributed by atoms with Crippen LogP contribution < -0.4 is 15.6 Å². The van der Waals surface area contributed by atoms with Crippen LogP contribution in [0, 0.1) is 0 Å². The molecule has 23 heavy (non-hydrogen) atoms. The fourth-order valence-corrected chi connectivity index (χ4v) is 2.61. The van der Waals surface area contributed by atoms with E-state index in [9.17, 15) is 18.0 Å². The molecule has 2 N–H and O–H groups in total. The minimum Gasteiger partial charge on any atom is -0.351 e. The van der Waals surface area contributed by atoms with E-state index < -0.39 is 15.9 Å². The van der Waals surface area contributed by atoms with Gasteiger partial charge in [-0.3, -0.25) is 9.59 Å². The van der Waals surface area contributed by atoms with Gasteiger partial charge in [-0.2, -0.15) is 5.10 Å². The third kappa shape index (κ3) is 4.36. The van der Waals surface area contributed by atoms with E-state index in [0.717, 1.165) is 10.9 Å². The number of hydrogen-bond donors (Lipinski definition) is 2. The first-order chi connectivity index (χ1) is 10.8. The second-order valence-electron chi connectivity index (χ2n) is 5.10. The van der Waals surface area contributed by atoms with Crippen molar-refractivity contribution in [2.75, 3.05) is 19.3 Å². The number of carbonyl (C=O) groups excluding carboxylic acids is 1. The lowest BCUT2D eigenvalue weighted by Crippen LogP contribution is -2.32. The normalized spacial score (nSPS) is 11.6. The van der Waals surface area contributed by atoms with Gasteiger partial charge in [0.25, 0.3) is 11.5 Å². The molecule has 2 rings (SSSR count). The van der Waals surface area contributed by atoms with Gasteiger partial charge >= 0.3 is 0 Å². The Morgan fingerprint density at radius 3 is 2.52 bits per heavy atom. The summed E-state index contributed by atoms with van der Waals surface area (Å²) in [6, 6.07) is 6.77. The average Bonchev–Trinajstić information content (AvgIpc) is 2.49. The molecule has 1 amide bonds. The standard InChI is InChI=1S/C14H18N4O4S/c1-18-14(20)11-7-4-3-6-10(11)12(17-18)13(19)15-8-5-9-16-23(2,21)22/h3-4,6-7,16H,5,8-9H2,1-2H3,(H,15,19). The third-order valence-electron chi connectivity index (χ3n) is 3.17. The van der Waals surface area contributed by atoms with E-state index in [2.05, 4.69) is 15.1 Å². The van der Waals surface area contributed by atoms with E-state index in [4.69, 9.17) is 0 Å². The molecule has 8 nitrogen and oxygen atoms in total. The monoisotopic (exact) mass is 338 g/mol. The predicted molar refractivity (Wildman–Crippen MR) is 86.8 cm³/mol. The van der Waals surface area contributed by atoms with Crippen LogP contribution in [0.5, 0.6) is 0 Å². The summed E-state index contributed by atoms with van der Waals surface area (Å²) < 4.78 is 25.3. The first-order valence-corrected chi connectivity index (χ1v) is 8.87. The van der Waals surface area contributed by atoms with E-state index >= 15 is 0 Å². The van der Waals surface area contributed by atoms with Crippen LogP contribution in [0.25, 0.3) is 10.8 Å². The highest BCUT2D eigenvalue weighted by molar-refractivity contribution is 7.88. The summed E-state index contributed by atoms with van der Waals surface area (Å²) >= 11 is 0. The Morgan fingerprint density at radius 1 is 1.22 bits per heavy atom. The number of aromatic nitrogens is 2. The van der Waals surface area contributed by atoms with Crippen LogP contribution in [0.2, 0.25) is 0 Å². The van der Waals surface area contributed by atoms with Crippen LogP contribution in [0.15, 0.2) is 29.1 Å². The zero-order valence-corrected chi connectivity index (χ0v) is 13.7. The number of sulfonamides is 1. The van der Waals surface area contributed by atoms with Gasteiger partial charge in [0.15, 0.2) is 5.69 Å². The highest BCUT2D eigenvalue weighted by Crippen LogP contribution is 2.12. The van der Waals surface area contributed by atoms with Crippen LogP contribution in [0.1, 0.15) is 16.9 Å². The van der Waals surface area contributed by atoms with Gasteiger partial charge in [-0.15, -0.1) is 0 Å². The van der Waals surface area contributed by atoms with Crippen molar-refractivity contribution in [2.24, 2.45) is 7.05 Å². The summed E-state index contributed by atoms with van der Waals surface area (Å²) in [5.74, 6) is -0.406. The predicted octanol–water partition coefficient (Wildman–Crippen LogP) is -0.397. The number of rotatable bonds is 6. The molecule has 0 saturated heterocycles. The van der Waals surface area contributed by atoms with Crippen LogP contribution >= 0.6 is 0 Å². The topological polar surface area (TPSA) is 110 Å². The van der Waals surface area contributed by atoms with Crippen molar-refractivity contribution in [1.29, 1.82) is 0 Å². The molecule has 0 atom stereocenters. The molecule has 0 spiro atoms. The van der Waals surface area contributed by atoms with E-state index in [-0.39, 0.29) is 17.8 Å². The van der Waals surface area contributed by atoms with Gasteiger partial charge in [0.2, 0.25) is 10.0 Å². The summed E-state index contributed by atoms with van der Waals surface area (Å²) in [7, 11) is -1.74. The lowest BCUT2D eigenvalue weighted by molar-refractivity contribution is 0.0948. The third-order valence-corrected chi connectivity index (χ3v) is 3.90. The Kier molecular flexibility index (Phi) is 5.12. The molecular formula is C14H18N4O4S. The van der Waals surface area contributed by atoms with Gasteiger partial charge in [0, 0.05) is 25.5 Å². The maximum absolute atomic E-state index is 12.3. The summed E-state index contributed by atoms with van der Waals surface area (Å²) in [6.07, 6.45) is 1.52. The largest absolute Gasteiger partial charge is 0.351 e. The smallest absolute Gasteiger partial charge is 0.274 e. The molecular weight excluding hydrogens is 320 g/mol. The number of carbonyl (C=O) groups is 1. The number of hydrogen-bond acceptors (Lipinski definition) is 5. The molecule has 0 fully saturated rings. The summed E-state index contributed by atoms with van der Waals surface area (Å²) in [5.41, 5.74) is -0.103. The van der Waals surface area contributed by atoms with E-state index in [1.165, 1.54) is 7.05 Å². The quantitative estimate of drug-likeness (QED) is 0.697. The van der Waals surface area contributed by atoms with E-state index in [1.54, 1.807) is 24.3 Å². The fourth-order valence-electron chi connectivity index (χ4n) is 2.10. The summed E-state index contributed by atoms with van der Waals surface area (Å²) in [4.78, 5) is 24.3. The Morgan fingerprint density at radius 2 is 1.87 bits per heavy atom. The van der Waals surface area contributed by atoms with Gasteiger partial charge in [-0.1, -0.05) is 18.2 Å². The lowest BCUT2D eigenvalue weighted by atomic mass is 10.1. The minimum absolute atomic E-state index is 0.166.